The van der Waals surface area contributed by atoms with Crippen LogP contribution in [0.3, 0.4) is 0 Å². The van der Waals surface area contributed by atoms with Gasteiger partial charge in [-0.25, -0.2) is 0 Å². The maximum atomic E-state index is 12.6. The summed E-state index contributed by atoms with van der Waals surface area (Å²) in [5, 5.41) is 13.2. The molecule has 0 aliphatic carbocycles. The smallest absolute Gasteiger partial charge is 0.254 e. The lowest BCUT2D eigenvalue weighted by Crippen LogP contribution is -2.37. The molecule has 1 amide bonds. The highest BCUT2D eigenvalue weighted by molar-refractivity contribution is 5.95. The highest BCUT2D eigenvalue weighted by Crippen LogP contribution is 2.22. The summed E-state index contributed by atoms with van der Waals surface area (Å²) >= 11 is 0. The van der Waals surface area contributed by atoms with Crippen molar-refractivity contribution in [1.82, 2.24) is 15.0 Å². The van der Waals surface area contributed by atoms with E-state index in [-0.39, 0.29) is 18.6 Å². The average molecular weight is 287 g/mol. The van der Waals surface area contributed by atoms with Gasteiger partial charge in [0.05, 0.1) is 12.6 Å². The van der Waals surface area contributed by atoms with Crippen molar-refractivity contribution in [3.63, 3.8) is 0 Å². The van der Waals surface area contributed by atoms with E-state index in [1.54, 1.807) is 30.0 Å². The molecule has 1 aliphatic heterocycles. The number of aliphatic hydroxyl groups excluding tert-OH is 1. The van der Waals surface area contributed by atoms with Gasteiger partial charge in [-0.2, -0.15) is 4.98 Å². The van der Waals surface area contributed by atoms with Crippen LogP contribution in [0.5, 0.6) is 0 Å². The Bertz CT molecular complexity index is 653. The van der Waals surface area contributed by atoms with Gasteiger partial charge in [0.15, 0.2) is 0 Å². The summed E-state index contributed by atoms with van der Waals surface area (Å²) < 4.78 is 4.96. The molecule has 1 unspecified atom stereocenters. The number of amides is 1. The van der Waals surface area contributed by atoms with Gasteiger partial charge in [-0.15, -0.1) is 0 Å². The highest BCUT2D eigenvalue weighted by Gasteiger charge is 2.28. The van der Waals surface area contributed by atoms with E-state index < -0.39 is 0 Å². The molecule has 0 radical (unpaired) electrons. The minimum Gasteiger partial charge on any atom is -0.394 e. The van der Waals surface area contributed by atoms with Crippen molar-refractivity contribution in [2.24, 2.45) is 0 Å². The molecule has 6 nitrogen and oxygen atoms in total. The van der Waals surface area contributed by atoms with E-state index in [1.807, 2.05) is 6.07 Å². The van der Waals surface area contributed by atoms with Gasteiger partial charge in [0.2, 0.25) is 11.7 Å². The van der Waals surface area contributed by atoms with Crippen molar-refractivity contribution in [3.8, 4) is 11.4 Å². The van der Waals surface area contributed by atoms with Crippen LogP contribution >= 0.6 is 0 Å². The number of aliphatic hydroxyl groups is 1. The van der Waals surface area contributed by atoms with Crippen molar-refractivity contribution in [1.29, 1.82) is 0 Å². The van der Waals surface area contributed by atoms with Crippen LogP contribution in [0.25, 0.3) is 11.4 Å². The van der Waals surface area contributed by atoms with E-state index in [2.05, 4.69) is 10.1 Å². The summed E-state index contributed by atoms with van der Waals surface area (Å²) in [4.78, 5) is 18.5. The fraction of sp³-hybridized carbons (Fsp3) is 0.400. The molecule has 3 rings (SSSR count). The molecule has 21 heavy (non-hydrogen) atoms. The van der Waals surface area contributed by atoms with E-state index in [9.17, 15) is 9.90 Å². The molecule has 1 fully saturated rings. The summed E-state index contributed by atoms with van der Waals surface area (Å²) in [7, 11) is 0. The molecule has 0 spiro atoms. The van der Waals surface area contributed by atoms with Crippen LogP contribution in [0.1, 0.15) is 29.1 Å². The standard InChI is InChI=1S/C15H17N3O3/c1-10-16-14(17-21-10)11-4-2-5-12(8-11)15(20)18-7-3-6-13(18)9-19/h2,4-5,8,13,19H,3,6-7,9H2,1H3. The number of rotatable bonds is 3. The van der Waals surface area contributed by atoms with Gasteiger partial charge in [0.25, 0.3) is 5.91 Å². The third-order valence-electron chi connectivity index (χ3n) is 3.74. The second-order valence-electron chi connectivity index (χ2n) is 5.19. The number of hydrogen-bond acceptors (Lipinski definition) is 5. The summed E-state index contributed by atoms with van der Waals surface area (Å²) in [6.45, 7) is 2.42. The molecule has 1 saturated heterocycles. The average Bonchev–Trinajstić information content (AvgIpc) is 3.15. The first-order valence-electron chi connectivity index (χ1n) is 7.01. The maximum Gasteiger partial charge on any atom is 0.254 e. The van der Waals surface area contributed by atoms with Crippen LogP contribution in [-0.4, -0.2) is 45.2 Å². The van der Waals surface area contributed by atoms with E-state index in [0.717, 1.165) is 18.4 Å². The topological polar surface area (TPSA) is 79.5 Å². The molecule has 110 valence electrons. The fourth-order valence-corrected chi connectivity index (χ4v) is 2.67. The molecular weight excluding hydrogens is 270 g/mol. The van der Waals surface area contributed by atoms with Gasteiger partial charge in [-0.05, 0) is 25.0 Å². The van der Waals surface area contributed by atoms with E-state index in [1.165, 1.54) is 0 Å². The van der Waals surface area contributed by atoms with Gasteiger partial charge in [0.1, 0.15) is 0 Å². The molecular formula is C15H17N3O3. The highest BCUT2D eigenvalue weighted by atomic mass is 16.5. The number of carbonyl (C=O) groups excluding carboxylic acids is 1. The largest absolute Gasteiger partial charge is 0.394 e. The number of aromatic nitrogens is 2. The lowest BCUT2D eigenvalue weighted by Gasteiger charge is -2.23. The quantitative estimate of drug-likeness (QED) is 0.928. The zero-order valence-electron chi connectivity index (χ0n) is 11.8. The van der Waals surface area contributed by atoms with Crippen LogP contribution in [0, 0.1) is 6.92 Å². The molecule has 0 saturated carbocycles. The monoisotopic (exact) mass is 287 g/mol. The Morgan fingerprint density at radius 2 is 2.38 bits per heavy atom. The van der Waals surface area contributed by atoms with E-state index >= 15 is 0 Å². The third-order valence-corrected chi connectivity index (χ3v) is 3.74. The molecule has 2 aromatic rings. The van der Waals surface area contributed by atoms with Crippen molar-refractivity contribution >= 4 is 5.91 Å². The predicted octanol–water partition coefficient (Wildman–Crippen LogP) is 1.64. The second-order valence-corrected chi connectivity index (χ2v) is 5.19. The SMILES string of the molecule is Cc1nc(-c2cccc(C(=O)N3CCCC3CO)c2)no1. The van der Waals surface area contributed by atoms with Crippen LogP contribution in [0.15, 0.2) is 28.8 Å². The van der Waals surface area contributed by atoms with Crippen molar-refractivity contribution in [2.75, 3.05) is 13.2 Å². The summed E-state index contributed by atoms with van der Waals surface area (Å²) in [5.74, 6) is 0.900. The van der Waals surface area contributed by atoms with Crippen LogP contribution in [0.2, 0.25) is 0 Å². The molecule has 1 N–H and O–H groups in total. The molecule has 1 aliphatic rings. The Hall–Kier alpha value is -2.21. The Labute approximate surface area is 122 Å². The number of hydrogen-bond donors (Lipinski definition) is 1. The molecule has 1 aromatic carbocycles. The normalized spacial score (nSPS) is 18.2. The molecule has 6 heteroatoms. The Morgan fingerprint density at radius 1 is 1.52 bits per heavy atom. The second kappa shape index (κ2) is 5.65. The van der Waals surface area contributed by atoms with E-state index in [0.29, 0.717) is 23.8 Å². The van der Waals surface area contributed by atoms with Gasteiger partial charge < -0.3 is 14.5 Å². The van der Waals surface area contributed by atoms with Crippen molar-refractivity contribution in [3.05, 3.63) is 35.7 Å². The number of nitrogens with zero attached hydrogens (tertiary/aromatic N) is 3. The van der Waals surface area contributed by atoms with Gasteiger partial charge in [0, 0.05) is 24.6 Å². The molecule has 0 bridgehead atoms. The Balaban J connectivity index is 1.87. The van der Waals surface area contributed by atoms with Gasteiger partial charge >= 0.3 is 0 Å². The van der Waals surface area contributed by atoms with Crippen molar-refractivity contribution in [2.45, 2.75) is 25.8 Å². The molecule has 1 aromatic heterocycles. The first-order chi connectivity index (χ1) is 10.2. The van der Waals surface area contributed by atoms with Crippen molar-refractivity contribution < 1.29 is 14.4 Å². The summed E-state index contributed by atoms with van der Waals surface area (Å²) in [5.41, 5.74) is 1.33. The zero-order chi connectivity index (χ0) is 14.8. The van der Waals surface area contributed by atoms with Gasteiger partial charge in [-0.1, -0.05) is 17.3 Å². The number of aryl methyl sites for hydroxylation is 1. The Morgan fingerprint density at radius 3 is 3.10 bits per heavy atom. The minimum absolute atomic E-state index is 0.00939. The van der Waals surface area contributed by atoms with Crippen LogP contribution in [-0.2, 0) is 0 Å². The third kappa shape index (κ3) is 2.67. The number of benzene rings is 1. The minimum atomic E-state index is -0.0754. The first-order valence-corrected chi connectivity index (χ1v) is 7.01. The summed E-state index contributed by atoms with van der Waals surface area (Å²) in [6, 6.07) is 7.10. The Kier molecular flexibility index (Phi) is 3.70. The molecule has 1 atom stereocenters. The number of likely N-dealkylation sites (tertiary alicyclic amines) is 1. The predicted molar refractivity (Wildman–Crippen MR) is 75.6 cm³/mol. The maximum absolute atomic E-state index is 12.6. The lowest BCUT2D eigenvalue weighted by atomic mass is 10.1. The zero-order valence-corrected chi connectivity index (χ0v) is 11.8. The van der Waals surface area contributed by atoms with Crippen LogP contribution < -0.4 is 0 Å². The first kappa shape index (κ1) is 13.8. The lowest BCUT2D eigenvalue weighted by molar-refractivity contribution is 0.0677. The number of carbonyl (C=O) groups is 1. The summed E-state index contributed by atoms with van der Waals surface area (Å²) in [6.07, 6.45) is 1.78. The molecule has 2 heterocycles. The fourth-order valence-electron chi connectivity index (χ4n) is 2.67. The van der Waals surface area contributed by atoms with Gasteiger partial charge in [-0.3, -0.25) is 4.79 Å². The van der Waals surface area contributed by atoms with E-state index in [4.69, 9.17) is 4.52 Å². The van der Waals surface area contributed by atoms with Crippen LogP contribution in [0.4, 0.5) is 0 Å².